The second-order valence-corrected chi connectivity index (χ2v) is 3.81. The molecule has 0 heterocycles. The Hall–Kier alpha value is -1.75. The van der Waals surface area contributed by atoms with E-state index in [-0.39, 0.29) is 11.5 Å². The predicted octanol–water partition coefficient (Wildman–Crippen LogP) is 1.81. The van der Waals surface area contributed by atoms with Crippen molar-refractivity contribution < 1.29 is 4.92 Å². The SMILES string of the molecule is CC(C(=C(N)N)[N+](=O)[O-])c1cccc(Cl)c1. The fraction of sp³-hybridized carbons (Fsp3) is 0.200. The molecule has 1 aromatic rings. The zero-order valence-electron chi connectivity index (χ0n) is 8.68. The predicted molar refractivity (Wildman–Crippen MR) is 62.3 cm³/mol. The minimum atomic E-state index is -0.569. The number of hydrogen-bond acceptors (Lipinski definition) is 4. The molecule has 16 heavy (non-hydrogen) atoms. The van der Waals surface area contributed by atoms with Gasteiger partial charge in [0.05, 0.1) is 10.8 Å². The van der Waals surface area contributed by atoms with Gasteiger partial charge in [-0.2, -0.15) is 0 Å². The third kappa shape index (κ3) is 2.64. The molecule has 5 nitrogen and oxygen atoms in total. The summed E-state index contributed by atoms with van der Waals surface area (Å²) in [6.45, 7) is 1.66. The van der Waals surface area contributed by atoms with E-state index >= 15 is 0 Å². The van der Waals surface area contributed by atoms with Crippen LogP contribution in [0.3, 0.4) is 0 Å². The molecule has 0 saturated carbocycles. The molecule has 0 aliphatic carbocycles. The summed E-state index contributed by atoms with van der Waals surface area (Å²) in [4.78, 5) is 10.2. The fourth-order valence-electron chi connectivity index (χ4n) is 1.45. The van der Waals surface area contributed by atoms with Crippen molar-refractivity contribution in [1.29, 1.82) is 0 Å². The molecule has 0 aromatic heterocycles. The maximum atomic E-state index is 10.8. The maximum absolute atomic E-state index is 10.8. The summed E-state index contributed by atoms with van der Waals surface area (Å²) in [5, 5.41) is 11.3. The van der Waals surface area contributed by atoms with Gasteiger partial charge in [-0.05, 0) is 24.6 Å². The van der Waals surface area contributed by atoms with Crippen LogP contribution in [0.15, 0.2) is 35.8 Å². The van der Waals surface area contributed by atoms with Crippen molar-refractivity contribution in [1.82, 2.24) is 0 Å². The highest BCUT2D eigenvalue weighted by Gasteiger charge is 2.25. The highest BCUT2D eigenvalue weighted by atomic mass is 35.5. The number of rotatable bonds is 3. The van der Waals surface area contributed by atoms with Crippen LogP contribution in [0.25, 0.3) is 0 Å². The molecule has 0 aliphatic rings. The summed E-state index contributed by atoms with van der Waals surface area (Å²) in [6.07, 6.45) is 0. The van der Waals surface area contributed by atoms with Crippen molar-refractivity contribution in [2.24, 2.45) is 11.5 Å². The largest absolute Gasteiger partial charge is 0.380 e. The number of allylic oxidation sites excluding steroid dienone is 1. The van der Waals surface area contributed by atoms with Crippen LogP contribution in [0.1, 0.15) is 18.4 Å². The topological polar surface area (TPSA) is 95.2 Å². The van der Waals surface area contributed by atoms with E-state index in [4.69, 9.17) is 23.1 Å². The first kappa shape index (κ1) is 12.3. The van der Waals surface area contributed by atoms with Crippen molar-refractivity contribution in [2.75, 3.05) is 0 Å². The first-order chi connectivity index (χ1) is 7.43. The number of nitro groups is 1. The van der Waals surface area contributed by atoms with E-state index in [0.717, 1.165) is 0 Å². The molecule has 1 unspecified atom stereocenters. The number of hydrogen-bond donors (Lipinski definition) is 2. The van der Waals surface area contributed by atoms with Gasteiger partial charge < -0.3 is 11.5 Å². The Morgan fingerprint density at radius 3 is 2.56 bits per heavy atom. The highest BCUT2D eigenvalue weighted by Crippen LogP contribution is 2.26. The van der Waals surface area contributed by atoms with Gasteiger partial charge in [0.1, 0.15) is 0 Å². The van der Waals surface area contributed by atoms with Gasteiger partial charge in [-0.3, -0.25) is 10.1 Å². The zero-order chi connectivity index (χ0) is 12.3. The van der Waals surface area contributed by atoms with Crippen molar-refractivity contribution in [3.05, 3.63) is 56.5 Å². The smallest absolute Gasteiger partial charge is 0.292 e. The summed E-state index contributed by atoms with van der Waals surface area (Å²) in [6, 6.07) is 6.80. The van der Waals surface area contributed by atoms with Gasteiger partial charge in [-0.1, -0.05) is 23.7 Å². The highest BCUT2D eigenvalue weighted by molar-refractivity contribution is 6.30. The summed E-state index contributed by atoms with van der Waals surface area (Å²) >= 11 is 5.80. The van der Waals surface area contributed by atoms with E-state index in [1.54, 1.807) is 31.2 Å². The van der Waals surface area contributed by atoms with Crippen LogP contribution in [0.4, 0.5) is 0 Å². The second kappa shape index (κ2) is 4.85. The molecule has 1 atom stereocenters. The second-order valence-electron chi connectivity index (χ2n) is 3.37. The van der Waals surface area contributed by atoms with Crippen molar-refractivity contribution in [3.8, 4) is 0 Å². The molecular weight excluding hydrogens is 230 g/mol. The Balaban J connectivity index is 3.15. The van der Waals surface area contributed by atoms with Crippen molar-refractivity contribution in [3.63, 3.8) is 0 Å². The Morgan fingerprint density at radius 1 is 1.50 bits per heavy atom. The molecule has 0 saturated heterocycles. The minimum absolute atomic E-state index is 0.206. The number of benzene rings is 1. The Morgan fingerprint density at radius 2 is 2.12 bits per heavy atom. The van der Waals surface area contributed by atoms with Crippen LogP contribution in [-0.4, -0.2) is 4.92 Å². The van der Waals surface area contributed by atoms with Gasteiger partial charge >= 0.3 is 0 Å². The maximum Gasteiger partial charge on any atom is 0.292 e. The molecule has 0 aliphatic heterocycles. The molecule has 86 valence electrons. The van der Waals surface area contributed by atoms with E-state index in [0.29, 0.717) is 10.6 Å². The first-order valence-electron chi connectivity index (χ1n) is 4.58. The van der Waals surface area contributed by atoms with Crippen LogP contribution in [0.2, 0.25) is 5.02 Å². The van der Waals surface area contributed by atoms with E-state index in [1.165, 1.54) is 0 Å². The van der Waals surface area contributed by atoms with Gasteiger partial charge in [0.25, 0.3) is 5.70 Å². The molecule has 0 spiro atoms. The normalized spacial score (nSPS) is 11.9. The molecule has 0 radical (unpaired) electrons. The van der Waals surface area contributed by atoms with Gasteiger partial charge in [-0.15, -0.1) is 0 Å². The van der Waals surface area contributed by atoms with E-state index in [1.807, 2.05) is 0 Å². The minimum Gasteiger partial charge on any atom is -0.380 e. The van der Waals surface area contributed by atoms with E-state index in [2.05, 4.69) is 0 Å². The lowest BCUT2D eigenvalue weighted by Gasteiger charge is -2.10. The molecule has 1 rings (SSSR count). The zero-order valence-corrected chi connectivity index (χ0v) is 9.44. The monoisotopic (exact) mass is 241 g/mol. The van der Waals surface area contributed by atoms with Gasteiger partial charge in [0, 0.05) is 5.02 Å². The lowest BCUT2D eigenvalue weighted by atomic mass is 9.98. The van der Waals surface area contributed by atoms with Gasteiger partial charge in [-0.25, -0.2) is 0 Å². The lowest BCUT2D eigenvalue weighted by molar-refractivity contribution is -0.431. The average molecular weight is 242 g/mol. The van der Waals surface area contributed by atoms with E-state index in [9.17, 15) is 10.1 Å². The van der Waals surface area contributed by atoms with Crippen molar-refractivity contribution in [2.45, 2.75) is 12.8 Å². The third-order valence-corrected chi connectivity index (χ3v) is 2.49. The van der Waals surface area contributed by atoms with Crippen LogP contribution in [0.5, 0.6) is 0 Å². The summed E-state index contributed by atoms with van der Waals surface area (Å²) in [5.74, 6) is -0.781. The number of nitrogens with zero attached hydrogens (tertiary/aromatic N) is 1. The molecule has 0 bridgehead atoms. The Kier molecular flexibility index (Phi) is 3.73. The number of nitrogens with two attached hydrogens (primary N) is 2. The fourth-order valence-corrected chi connectivity index (χ4v) is 1.65. The quantitative estimate of drug-likeness (QED) is 0.623. The third-order valence-electron chi connectivity index (χ3n) is 2.25. The Bertz CT molecular complexity index is 441. The summed E-state index contributed by atoms with van der Waals surface area (Å²) in [7, 11) is 0. The molecular formula is C10H12ClN3O2. The van der Waals surface area contributed by atoms with Crippen LogP contribution in [0, 0.1) is 10.1 Å². The lowest BCUT2D eigenvalue weighted by Crippen LogP contribution is -2.20. The number of halogens is 1. The molecule has 0 fully saturated rings. The molecule has 0 amide bonds. The first-order valence-corrected chi connectivity index (χ1v) is 4.96. The molecule has 1 aromatic carbocycles. The summed E-state index contributed by atoms with van der Waals surface area (Å²) < 4.78 is 0. The Labute approximate surface area is 97.8 Å². The summed E-state index contributed by atoms with van der Waals surface area (Å²) in [5.41, 5.74) is 11.1. The van der Waals surface area contributed by atoms with Gasteiger partial charge in [0.2, 0.25) is 0 Å². The van der Waals surface area contributed by atoms with Crippen LogP contribution < -0.4 is 11.5 Å². The van der Waals surface area contributed by atoms with E-state index < -0.39 is 10.8 Å². The standard InChI is InChI=1S/C10H12ClN3O2/c1-6(9(10(12)13)14(15)16)7-3-2-4-8(11)5-7/h2-6H,12-13H2,1H3. The molecule has 4 N–H and O–H groups in total. The van der Waals surface area contributed by atoms with Gasteiger partial charge in [0.15, 0.2) is 5.82 Å². The molecule has 6 heteroatoms. The van der Waals surface area contributed by atoms with Crippen LogP contribution in [-0.2, 0) is 0 Å². The van der Waals surface area contributed by atoms with Crippen LogP contribution >= 0.6 is 11.6 Å². The van der Waals surface area contributed by atoms with Crippen molar-refractivity contribution >= 4 is 11.6 Å². The average Bonchev–Trinajstić information content (AvgIpc) is 2.16.